The van der Waals surface area contributed by atoms with Crippen molar-refractivity contribution in [1.29, 1.82) is 0 Å². The van der Waals surface area contributed by atoms with Crippen LogP contribution in [0.4, 0.5) is 11.4 Å². The van der Waals surface area contributed by atoms with E-state index >= 15 is 0 Å². The van der Waals surface area contributed by atoms with Gasteiger partial charge in [0, 0.05) is 29.8 Å². The van der Waals surface area contributed by atoms with Crippen molar-refractivity contribution in [3.8, 4) is 5.75 Å². The number of aromatic amines is 1. The van der Waals surface area contributed by atoms with Crippen LogP contribution in [-0.4, -0.2) is 6.61 Å². The lowest BCUT2D eigenvalue weighted by Crippen LogP contribution is -2.10. The number of pyridine rings is 1. The SMILES string of the molecule is CCOc1ccc2[nH+]c(C)cc(Nc3ccc(C)c(Cl)c3)c2c1. The van der Waals surface area contributed by atoms with Gasteiger partial charge in [-0.25, -0.2) is 4.98 Å². The van der Waals surface area contributed by atoms with Crippen LogP contribution in [0.5, 0.6) is 5.75 Å². The van der Waals surface area contributed by atoms with Crippen molar-refractivity contribution in [2.75, 3.05) is 11.9 Å². The topological polar surface area (TPSA) is 35.4 Å². The molecule has 2 aromatic carbocycles. The fraction of sp³-hybridized carbons (Fsp3) is 0.211. The van der Waals surface area contributed by atoms with Gasteiger partial charge >= 0.3 is 0 Å². The van der Waals surface area contributed by atoms with Gasteiger partial charge in [-0.1, -0.05) is 17.7 Å². The molecule has 3 aromatic rings. The van der Waals surface area contributed by atoms with Crippen molar-refractivity contribution in [3.05, 3.63) is 58.7 Å². The minimum Gasteiger partial charge on any atom is -0.494 e. The molecule has 0 saturated heterocycles. The molecule has 23 heavy (non-hydrogen) atoms. The van der Waals surface area contributed by atoms with E-state index in [2.05, 4.69) is 16.4 Å². The molecule has 118 valence electrons. The Morgan fingerprint density at radius 2 is 1.91 bits per heavy atom. The van der Waals surface area contributed by atoms with Gasteiger partial charge in [0.1, 0.15) is 5.75 Å². The molecule has 0 unspecified atom stereocenters. The minimum atomic E-state index is 0.650. The molecule has 0 spiro atoms. The number of aromatic nitrogens is 1. The number of nitrogens with one attached hydrogen (secondary N) is 2. The van der Waals surface area contributed by atoms with Gasteiger partial charge in [-0.15, -0.1) is 0 Å². The van der Waals surface area contributed by atoms with Gasteiger partial charge in [0.05, 0.1) is 17.7 Å². The molecule has 0 aliphatic rings. The number of halogens is 1. The molecular weight excluding hydrogens is 308 g/mol. The Morgan fingerprint density at radius 3 is 2.65 bits per heavy atom. The molecule has 1 heterocycles. The van der Waals surface area contributed by atoms with Gasteiger partial charge < -0.3 is 10.1 Å². The van der Waals surface area contributed by atoms with E-state index < -0.39 is 0 Å². The van der Waals surface area contributed by atoms with E-state index in [-0.39, 0.29) is 0 Å². The molecule has 0 aliphatic carbocycles. The van der Waals surface area contributed by atoms with Crippen LogP contribution < -0.4 is 15.0 Å². The molecule has 3 nitrogen and oxygen atoms in total. The van der Waals surface area contributed by atoms with Gasteiger partial charge in [0.25, 0.3) is 0 Å². The van der Waals surface area contributed by atoms with E-state index in [9.17, 15) is 0 Å². The summed E-state index contributed by atoms with van der Waals surface area (Å²) in [5.41, 5.74) is 5.21. The average Bonchev–Trinajstić information content (AvgIpc) is 2.52. The number of H-pyrrole nitrogens is 1. The lowest BCUT2D eigenvalue weighted by molar-refractivity contribution is -0.354. The number of aryl methyl sites for hydroxylation is 2. The van der Waals surface area contributed by atoms with Crippen LogP contribution in [0.3, 0.4) is 0 Å². The molecule has 0 bridgehead atoms. The van der Waals surface area contributed by atoms with Crippen LogP contribution in [0, 0.1) is 13.8 Å². The minimum absolute atomic E-state index is 0.650. The molecule has 0 radical (unpaired) electrons. The second-order valence-corrected chi connectivity index (χ2v) is 6.00. The first kappa shape index (κ1) is 15.6. The van der Waals surface area contributed by atoms with Crippen LogP contribution in [0.1, 0.15) is 18.2 Å². The van der Waals surface area contributed by atoms with E-state index in [1.807, 2.05) is 57.2 Å². The Labute approximate surface area is 141 Å². The number of fused-ring (bicyclic) bond motifs is 1. The lowest BCUT2D eigenvalue weighted by atomic mass is 10.1. The van der Waals surface area contributed by atoms with Crippen molar-refractivity contribution in [3.63, 3.8) is 0 Å². The van der Waals surface area contributed by atoms with Gasteiger partial charge in [0.2, 0.25) is 5.52 Å². The largest absolute Gasteiger partial charge is 0.494 e. The Hall–Kier alpha value is -2.26. The lowest BCUT2D eigenvalue weighted by Gasteiger charge is -2.11. The molecule has 0 atom stereocenters. The molecule has 0 amide bonds. The van der Waals surface area contributed by atoms with Crippen LogP contribution in [0.2, 0.25) is 5.02 Å². The highest BCUT2D eigenvalue weighted by atomic mass is 35.5. The first-order valence-corrected chi connectivity index (χ1v) is 8.07. The standard InChI is InChI=1S/C19H19ClN2O/c1-4-23-15-7-8-18-16(11-15)19(9-13(3)21-18)22-14-6-5-12(2)17(20)10-14/h5-11H,4H2,1-3H3,(H,21,22)/p+1. The Balaban J connectivity index is 2.07. The fourth-order valence-corrected chi connectivity index (χ4v) is 2.76. The zero-order valence-corrected chi connectivity index (χ0v) is 14.3. The molecule has 3 rings (SSSR count). The van der Waals surface area contributed by atoms with Crippen molar-refractivity contribution in [2.45, 2.75) is 20.8 Å². The Kier molecular flexibility index (Phi) is 4.39. The predicted molar refractivity (Wildman–Crippen MR) is 95.9 cm³/mol. The molecule has 1 aromatic heterocycles. The summed E-state index contributed by atoms with van der Waals surface area (Å²) in [5, 5.41) is 5.30. The zero-order chi connectivity index (χ0) is 16.4. The summed E-state index contributed by atoms with van der Waals surface area (Å²) in [5.74, 6) is 0.863. The van der Waals surface area contributed by atoms with Crippen LogP contribution in [0.15, 0.2) is 42.5 Å². The summed E-state index contributed by atoms with van der Waals surface area (Å²) in [6, 6.07) is 14.2. The van der Waals surface area contributed by atoms with E-state index in [0.29, 0.717) is 6.61 Å². The third-order valence-corrected chi connectivity index (χ3v) is 4.14. The quantitative estimate of drug-likeness (QED) is 0.726. The maximum atomic E-state index is 6.23. The normalized spacial score (nSPS) is 10.8. The monoisotopic (exact) mass is 327 g/mol. The van der Waals surface area contributed by atoms with E-state index in [1.54, 1.807) is 0 Å². The summed E-state index contributed by atoms with van der Waals surface area (Å²) >= 11 is 6.23. The third-order valence-electron chi connectivity index (χ3n) is 3.74. The van der Waals surface area contributed by atoms with Crippen molar-refractivity contribution in [1.82, 2.24) is 0 Å². The summed E-state index contributed by atoms with van der Waals surface area (Å²) in [6.07, 6.45) is 0. The van der Waals surface area contributed by atoms with Gasteiger partial charge in [-0.2, -0.15) is 0 Å². The maximum Gasteiger partial charge on any atom is 0.213 e. The Morgan fingerprint density at radius 1 is 1.09 bits per heavy atom. The first-order chi connectivity index (χ1) is 11.1. The summed E-state index contributed by atoms with van der Waals surface area (Å²) in [4.78, 5) is 3.38. The van der Waals surface area contributed by atoms with E-state index in [1.165, 1.54) is 0 Å². The summed E-state index contributed by atoms with van der Waals surface area (Å²) in [7, 11) is 0. The highest BCUT2D eigenvalue weighted by Crippen LogP contribution is 2.29. The molecule has 0 saturated carbocycles. The summed E-state index contributed by atoms with van der Waals surface area (Å²) < 4.78 is 5.62. The molecular formula is C19H20ClN2O+. The molecule has 4 heteroatoms. The van der Waals surface area contributed by atoms with Gasteiger partial charge in [0.15, 0.2) is 5.69 Å². The fourth-order valence-electron chi connectivity index (χ4n) is 2.58. The molecule has 0 aliphatic heterocycles. The maximum absolute atomic E-state index is 6.23. The van der Waals surface area contributed by atoms with Gasteiger partial charge in [-0.3, -0.25) is 0 Å². The average molecular weight is 328 g/mol. The number of benzene rings is 2. The highest BCUT2D eigenvalue weighted by Gasteiger charge is 2.11. The van der Waals surface area contributed by atoms with E-state index in [0.717, 1.165) is 44.3 Å². The third kappa shape index (κ3) is 3.40. The van der Waals surface area contributed by atoms with Crippen LogP contribution >= 0.6 is 11.6 Å². The number of hydrogen-bond donors (Lipinski definition) is 1. The zero-order valence-electron chi connectivity index (χ0n) is 13.5. The van der Waals surface area contributed by atoms with Crippen molar-refractivity contribution in [2.24, 2.45) is 0 Å². The van der Waals surface area contributed by atoms with Crippen molar-refractivity contribution < 1.29 is 9.72 Å². The Bertz CT molecular complexity index is 861. The van der Waals surface area contributed by atoms with Crippen LogP contribution in [-0.2, 0) is 0 Å². The number of ether oxygens (including phenoxy) is 1. The van der Waals surface area contributed by atoms with E-state index in [4.69, 9.17) is 16.3 Å². The molecule has 2 N–H and O–H groups in total. The second-order valence-electron chi connectivity index (χ2n) is 5.60. The molecule has 0 fully saturated rings. The highest BCUT2D eigenvalue weighted by molar-refractivity contribution is 6.31. The number of hydrogen-bond acceptors (Lipinski definition) is 2. The van der Waals surface area contributed by atoms with Gasteiger partial charge in [-0.05, 0) is 43.7 Å². The second kappa shape index (κ2) is 6.47. The smallest absolute Gasteiger partial charge is 0.213 e. The first-order valence-electron chi connectivity index (χ1n) is 7.69. The van der Waals surface area contributed by atoms with Crippen LogP contribution in [0.25, 0.3) is 10.9 Å². The van der Waals surface area contributed by atoms with Crippen molar-refractivity contribution >= 4 is 33.9 Å². The predicted octanol–water partition coefficient (Wildman–Crippen LogP) is 5.07. The summed E-state index contributed by atoms with van der Waals surface area (Å²) in [6.45, 7) is 6.68. The number of anilines is 2. The number of rotatable bonds is 4.